The van der Waals surface area contributed by atoms with Crippen molar-refractivity contribution in [3.8, 4) is 0 Å². The van der Waals surface area contributed by atoms with Gasteiger partial charge in [-0.05, 0) is 44.9 Å². The van der Waals surface area contributed by atoms with Crippen LogP contribution in [0.4, 0.5) is 0 Å². The minimum absolute atomic E-state index is 0.400. The van der Waals surface area contributed by atoms with Crippen molar-refractivity contribution in [3.05, 3.63) is 29.8 Å². The molecule has 0 bridgehead atoms. The first kappa shape index (κ1) is 18.1. The van der Waals surface area contributed by atoms with E-state index in [9.17, 15) is 8.42 Å². The van der Waals surface area contributed by atoms with Crippen molar-refractivity contribution in [1.29, 1.82) is 0 Å². The molecule has 0 aliphatic heterocycles. The first-order chi connectivity index (χ1) is 9.77. The van der Waals surface area contributed by atoms with Crippen LogP contribution >= 0.6 is 0 Å². The van der Waals surface area contributed by atoms with Gasteiger partial charge in [-0.25, -0.2) is 8.42 Å². The quantitative estimate of drug-likeness (QED) is 0.751. The van der Waals surface area contributed by atoms with Crippen LogP contribution in [0.1, 0.15) is 46.1 Å². The van der Waals surface area contributed by atoms with Crippen LogP contribution in [0, 0.1) is 0 Å². The van der Waals surface area contributed by atoms with Crippen molar-refractivity contribution in [2.75, 3.05) is 13.6 Å². The molecule has 0 fully saturated rings. The van der Waals surface area contributed by atoms with Gasteiger partial charge in [-0.15, -0.1) is 0 Å². The summed E-state index contributed by atoms with van der Waals surface area (Å²) in [7, 11) is -1.82. The van der Waals surface area contributed by atoms with Gasteiger partial charge in [0.15, 0.2) is 0 Å². The van der Waals surface area contributed by atoms with Gasteiger partial charge >= 0.3 is 0 Å². The average molecular weight is 312 g/mol. The highest BCUT2D eigenvalue weighted by atomic mass is 32.2. The van der Waals surface area contributed by atoms with Crippen molar-refractivity contribution in [1.82, 2.24) is 9.62 Å². The molecular weight excluding hydrogens is 284 g/mol. The fraction of sp³-hybridized carbons (Fsp3) is 0.625. The number of hydrogen-bond donors (Lipinski definition) is 1. The number of nitrogens with zero attached hydrogens (tertiary/aromatic N) is 1. The molecule has 1 N–H and O–H groups in total. The fourth-order valence-corrected chi connectivity index (χ4v) is 3.79. The second-order valence-electron chi connectivity index (χ2n) is 5.92. The molecule has 1 aromatic carbocycles. The van der Waals surface area contributed by atoms with E-state index < -0.39 is 15.6 Å². The lowest BCUT2D eigenvalue weighted by Crippen LogP contribution is -2.44. The Labute approximate surface area is 129 Å². The second kappa shape index (κ2) is 7.38. The first-order valence-corrected chi connectivity index (χ1v) is 8.99. The molecule has 0 spiro atoms. The lowest BCUT2D eigenvalue weighted by atomic mass is 10.0. The van der Waals surface area contributed by atoms with Crippen LogP contribution < -0.4 is 5.32 Å². The Morgan fingerprint density at radius 3 is 2.38 bits per heavy atom. The normalized spacial score (nSPS) is 12.9. The van der Waals surface area contributed by atoms with Gasteiger partial charge in [-0.1, -0.05) is 32.0 Å². The number of hydrogen-bond acceptors (Lipinski definition) is 3. The Morgan fingerprint density at radius 2 is 1.81 bits per heavy atom. The highest BCUT2D eigenvalue weighted by molar-refractivity contribution is 7.89. The average Bonchev–Trinajstić information content (AvgIpc) is 2.47. The topological polar surface area (TPSA) is 49.4 Å². The molecule has 4 nitrogen and oxygen atoms in total. The Bertz CT molecular complexity index is 553. The van der Waals surface area contributed by atoms with Crippen LogP contribution in [0.2, 0.25) is 0 Å². The molecule has 0 aromatic heterocycles. The minimum Gasteiger partial charge on any atom is -0.313 e. The van der Waals surface area contributed by atoms with Crippen LogP contribution in [-0.2, 0) is 16.6 Å². The highest BCUT2D eigenvalue weighted by Gasteiger charge is 2.33. The standard InChI is InChI=1S/C16H28N2O2S/c1-6-12-17-13-14-10-8-9-11-15(14)21(19,20)18(5)16(3,4)7-2/h8-11,17H,6-7,12-13H2,1-5H3. The largest absolute Gasteiger partial charge is 0.313 e. The van der Waals surface area contributed by atoms with E-state index in [4.69, 9.17) is 0 Å². The van der Waals surface area contributed by atoms with Crippen LogP contribution in [0.15, 0.2) is 29.2 Å². The maximum atomic E-state index is 12.9. The van der Waals surface area contributed by atoms with Gasteiger partial charge < -0.3 is 5.32 Å². The summed E-state index contributed by atoms with van der Waals surface area (Å²) in [5, 5.41) is 3.27. The molecule has 0 saturated carbocycles. The molecule has 0 heterocycles. The van der Waals surface area contributed by atoms with E-state index in [2.05, 4.69) is 12.2 Å². The van der Waals surface area contributed by atoms with Gasteiger partial charge in [0.25, 0.3) is 0 Å². The molecule has 120 valence electrons. The minimum atomic E-state index is -3.48. The molecule has 0 aliphatic carbocycles. The third kappa shape index (κ3) is 4.28. The Hall–Kier alpha value is -0.910. The van der Waals surface area contributed by atoms with E-state index in [-0.39, 0.29) is 0 Å². The van der Waals surface area contributed by atoms with Gasteiger partial charge in [0, 0.05) is 19.1 Å². The molecule has 0 aliphatic rings. The third-order valence-electron chi connectivity index (χ3n) is 4.07. The van der Waals surface area contributed by atoms with E-state index in [1.807, 2.05) is 32.9 Å². The third-order valence-corrected chi connectivity index (χ3v) is 6.24. The molecule has 0 unspecified atom stereocenters. The van der Waals surface area contributed by atoms with Gasteiger partial charge in [-0.3, -0.25) is 0 Å². The summed E-state index contributed by atoms with van der Waals surface area (Å²) in [6.07, 6.45) is 1.79. The van der Waals surface area contributed by atoms with E-state index in [0.29, 0.717) is 11.4 Å². The van der Waals surface area contributed by atoms with E-state index in [1.54, 1.807) is 19.2 Å². The van der Waals surface area contributed by atoms with E-state index in [1.165, 1.54) is 4.31 Å². The lowest BCUT2D eigenvalue weighted by molar-refractivity contribution is 0.257. The summed E-state index contributed by atoms with van der Waals surface area (Å²) >= 11 is 0. The summed E-state index contributed by atoms with van der Waals surface area (Å²) in [5.41, 5.74) is 0.424. The molecule has 0 atom stereocenters. The van der Waals surface area contributed by atoms with E-state index in [0.717, 1.165) is 24.9 Å². The Balaban J connectivity index is 3.14. The van der Waals surface area contributed by atoms with Crippen LogP contribution in [0.3, 0.4) is 0 Å². The van der Waals surface area contributed by atoms with Crippen molar-refractivity contribution in [2.24, 2.45) is 0 Å². The first-order valence-electron chi connectivity index (χ1n) is 7.55. The van der Waals surface area contributed by atoms with Crippen molar-refractivity contribution in [3.63, 3.8) is 0 Å². The van der Waals surface area contributed by atoms with Crippen LogP contribution in [-0.4, -0.2) is 31.9 Å². The highest BCUT2D eigenvalue weighted by Crippen LogP contribution is 2.27. The maximum Gasteiger partial charge on any atom is 0.243 e. The predicted octanol–water partition coefficient (Wildman–Crippen LogP) is 3.00. The summed E-state index contributed by atoms with van der Waals surface area (Å²) in [4.78, 5) is 0.401. The molecular formula is C16H28N2O2S. The summed E-state index contributed by atoms with van der Waals surface area (Å²) in [6, 6.07) is 7.23. The zero-order chi connectivity index (χ0) is 16.1. The monoisotopic (exact) mass is 312 g/mol. The molecule has 0 amide bonds. The number of sulfonamides is 1. The molecule has 1 aromatic rings. The zero-order valence-electron chi connectivity index (χ0n) is 13.8. The predicted molar refractivity (Wildman–Crippen MR) is 87.8 cm³/mol. The van der Waals surface area contributed by atoms with Gasteiger partial charge in [0.2, 0.25) is 10.0 Å². The van der Waals surface area contributed by atoms with Crippen molar-refractivity contribution >= 4 is 10.0 Å². The van der Waals surface area contributed by atoms with Crippen LogP contribution in [0.25, 0.3) is 0 Å². The van der Waals surface area contributed by atoms with E-state index >= 15 is 0 Å². The molecule has 0 radical (unpaired) electrons. The summed E-state index contributed by atoms with van der Waals surface area (Å²) in [5.74, 6) is 0. The van der Waals surface area contributed by atoms with Crippen LogP contribution in [0.5, 0.6) is 0 Å². The van der Waals surface area contributed by atoms with Crippen molar-refractivity contribution < 1.29 is 8.42 Å². The molecule has 5 heteroatoms. The SMILES string of the molecule is CCCNCc1ccccc1S(=O)(=O)N(C)C(C)(C)CC. The van der Waals surface area contributed by atoms with Gasteiger partial charge in [-0.2, -0.15) is 4.31 Å². The fourth-order valence-electron chi connectivity index (χ4n) is 2.00. The Kier molecular flexibility index (Phi) is 6.38. The lowest BCUT2D eigenvalue weighted by Gasteiger charge is -2.34. The summed E-state index contributed by atoms with van der Waals surface area (Å²) < 4.78 is 27.3. The molecule has 21 heavy (non-hydrogen) atoms. The smallest absolute Gasteiger partial charge is 0.243 e. The maximum absolute atomic E-state index is 12.9. The summed E-state index contributed by atoms with van der Waals surface area (Å²) in [6.45, 7) is 9.44. The molecule has 1 rings (SSSR count). The number of rotatable bonds is 8. The van der Waals surface area contributed by atoms with Crippen molar-refractivity contribution in [2.45, 2.75) is 57.5 Å². The second-order valence-corrected chi connectivity index (χ2v) is 7.86. The molecule has 0 saturated heterocycles. The zero-order valence-corrected chi connectivity index (χ0v) is 14.6. The Morgan fingerprint density at radius 1 is 1.19 bits per heavy atom. The number of nitrogens with one attached hydrogen (secondary N) is 1. The number of benzene rings is 1. The van der Waals surface area contributed by atoms with Gasteiger partial charge in [0.05, 0.1) is 4.90 Å². The van der Waals surface area contributed by atoms with Gasteiger partial charge in [0.1, 0.15) is 0 Å².